The van der Waals surface area contributed by atoms with Crippen LogP contribution in [0.3, 0.4) is 0 Å². The van der Waals surface area contributed by atoms with Crippen molar-refractivity contribution < 1.29 is 19.1 Å². The number of aryl methyl sites for hydroxylation is 1. The van der Waals surface area contributed by atoms with Crippen molar-refractivity contribution in [2.75, 3.05) is 13.1 Å². The standard InChI is InChI=1S/C18H22N2O4/c1-13-8-9-15(24-13)18(2,23)12-20-17(22)11-19-16(21)10-14-6-4-3-5-7-14/h3-9,23H,10-12H2,1-2H3,(H,19,21)(H,20,22). The molecule has 0 aliphatic rings. The van der Waals surface area contributed by atoms with Crippen LogP contribution in [0.15, 0.2) is 46.9 Å². The zero-order valence-electron chi connectivity index (χ0n) is 13.8. The Labute approximate surface area is 140 Å². The summed E-state index contributed by atoms with van der Waals surface area (Å²) in [5.74, 6) is 0.461. The van der Waals surface area contributed by atoms with Gasteiger partial charge in [-0.15, -0.1) is 0 Å². The van der Waals surface area contributed by atoms with Crippen molar-refractivity contribution in [3.8, 4) is 0 Å². The van der Waals surface area contributed by atoms with Gasteiger partial charge in [-0.2, -0.15) is 0 Å². The molecule has 6 nitrogen and oxygen atoms in total. The highest BCUT2D eigenvalue weighted by molar-refractivity contribution is 5.85. The van der Waals surface area contributed by atoms with Crippen molar-refractivity contribution in [3.05, 3.63) is 59.5 Å². The molecule has 0 saturated carbocycles. The predicted molar refractivity (Wildman–Crippen MR) is 89.2 cm³/mol. The van der Waals surface area contributed by atoms with Gasteiger partial charge < -0.3 is 20.2 Å². The van der Waals surface area contributed by atoms with Crippen molar-refractivity contribution in [2.45, 2.75) is 25.9 Å². The van der Waals surface area contributed by atoms with Gasteiger partial charge in [0.15, 0.2) is 0 Å². The summed E-state index contributed by atoms with van der Waals surface area (Å²) in [4.78, 5) is 23.6. The van der Waals surface area contributed by atoms with E-state index in [4.69, 9.17) is 4.42 Å². The maximum atomic E-state index is 11.8. The third-order valence-corrected chi connectivity index (χ3v) is 3.55. The van der Waals surface area contributed by atoms with E-state index in [0.717, 1.165) is 5.56 Å². The van der Waals surface area contributed by atoms with Crippen LogP contribution in [-0.4, -0.2) is 30.0 Å². The molecular formula is C18H22N2O4. The molecule has 0 aliphatic heterocycles. The van der Waals surface area contributed by atoms with Crippen LogP contribution < -0.4 is 10.6 Å². The number of carbonyl (C=O) groups is 2. The average Bonchev–Trinajstić information content (AvgIpc) is 2.99. The van der Waals surface area contributed by atoms with Crippen molar-refractivity contribution in [3.63, 3.8) is 0 Å². The molecule has 1 heterocycles. The molecule has 1 atom stereocenters. The summed E-state index contributed by atoms with van der Waals surface area (Å²) in [6, 6.07) is 12.7. The molecule has 2 aromatic rings. The van der Waals surface area contributed by atoms with Crippen LogP contribution in [0.2, 0.25) is 0 Å². The summed E-state index contributed by atoms with van der Waals surface area (Å²) in [5.41, 5.74) is -0.427. The van der Waals surface area contributed by atoms with E-state index in [1.807, 2.05) is 30.3 Å². The lowest BCUT2D eigenvalue weighted by Crippen LogP contribution is -2.43. The fourth-order valence-corrected chi connectivity index (χ4v) is 2.17. The van der Waals surface area contributed by atoms with Crippen molar-refractivity contribution in [1.82, 2.24) is 10.6 Å². The van der Waals surface area contributed by atoms with Crippen LogP contribution in [0, 0.1) is 6.92 Å². The van der Waals surface area contributed by atoms with Crippen molar-refractivity contribution >= 4 is 11.8 Å². The second kappa shape index (κ2) is 7.79. The SMILES string of the molecule is Cc1ccc(C(C)(O)CNC(=O)CNC(=O)Cc2ccccc2)o1. The minimum Gasteiger partial charge on any atom is -0.463 e. The Kier molecular flexibility index (Phi) is 5.76. The second-order valence-electron chi connectivity index (χ2n) is 5.90. The Morgan fingerprint density at radius 3 is 2.42 bits per heavy atom. The zero-order chi connectivity index (χ0) is 17.6. The molecule has 1 unspecified atom stereocenters. The largest absolute Gasteiger partial charge is 0.463 e. The van der Waals surface area contributed by atoms with Crippen LogP contribution in [0.4, 0.5) is 0 Å². The lowest BCUT2D eigenvalue weighted by molar-refractivity contribution is -0.126. The van der Waals surface area contributed by atoms with Crippen LogP contribution in [0.5, 0.6) is 0 Å². The lowest BCUT2D eigenvalue weighted by atomic mass is 10.0. The van der Waals surface area contributed by atoms with E-state index < -0.39 is 5.60 Å². The van der Waals surface area contributed by atoms with Gasteiger partial charge in [-0.25, -0.2) is 0 Å². The topological polar surface area (TPSA) is 91.6 Å². The first-order valence-corrected chi connectivity index (χ1v) is 7.73. The lowest BCUT2D eigenvalue weighted by Gasteiger charge is -2.21. The third kappa shape index (κ3) is 5.24. The quantitative estimate of drug-likeness (QED) is 0.713. The Morgan fingerprint density at radius 1 is 1.08 bits per heavy atom. The predicted octanol–water partition coefficient (Wildman–Crippen LogP) is 1.27. The molecule has 2 rings (SSSR count). The summed E-state index contributed by atoms with van der Waals surface area (Å²) in [7, 11) is 0. The monoisotopic (exact) mass is 330 g/mol. The Morgan fingerprint density at radius 2 is 1.79 bits per heavy atom. The van der Waals surface area contributed by atoms with E-state index in [1.165, 1.54) is 0 Å². The van der Waals surface area contributed by atoms with Gasteiger partial charge in [-0.1, -0.05) is 30.3 Å². The summed E-state index contributed by atoms with van der Waals surface area (Å²) < 4.78 is 5.37. The van der Waals surface area contributed by atoms with Gasteiger partial charge >= 0.3 is 0 Å². The number of hydrogen-bond donors (Lipinski definition) is 3. The molecule has 128 valence electrons. The molecular weight excluding hydrogens is 308 g/mol. The Bertz CT molecular complexity index is 692. The van der Waals surface area contributed by atoms with Gasteiger partial charge in [0.1, 0.15) is 17.1 Å². The number of nitrogens with one attached hydrogen (secondary N) is 2. The molecule has 24 heavy (non-hydrogen) atoms. The second-order valence-corrected chi connectivity index (χ2v) is 5.90. The minimum atomic E-state index is -1.31. The minimum absolute atomic E-state index is 0.00660. The van der Waals surface area contributed by atoms with Crippen molar-refractivity contribution in [1.29, 1.82) is 0 Å². The third-order valence-electron chi connectivity index (χ3n) is 3.55. The molecule has 3 N–H and O–H groups in total. The van der Waals surface area contributed by atoms with Gasteiger partial charge in [0, 0.05) is 0 Å². The number of aliphatic hydroxyl groups is 1. The summed E-state index contributed by atoms with van der Waals surface area (Å²) in [5, 5.41) is 15.5. The highest BCUT2D eigenvalue weighted by atomic mass is 16.4. The van der Waals surface area contributed by atoms with E-state index in [-0.39, 0.29) is 31.3 Å². The number of furan rings is 1. The molecule has 0 aliphatic carbocycles. The first-order chi connectivity index (χ1) is 11.4. The smallest absolute Gasteiger partial charge is 0.239 e. The van der Waals surface area contributed by atoms with E-state index in [2.05, 4.69) is 10.6 Å². The number of benzene rings is 1. The highest BCUT2D eigenvalue weighted by Gasteiger charge is 2.27. The van der Waals surface area contributed by atoms with Crippen molar-refractivity contribution in [2.24, 2.45) is 0 Å². The van der Waals surface area contributed by atoms with Gasteiger partial charge in [-0.3, -0.25) is 9.59 Å². The van der Waals surface area contributed by atoms with Crippen LogP contribution >= 0.6 is 0 Å². The normalized spacial score (nSPS) is 13.1. The number of rotatable bonds is 7. The van der Waals surface area contributed by atoms with Gasteiger partial charge in [-0.05, 0) is 31.5 Å². The van der Waals surface area contributed by atoms with Gasteiger partial charge in [0.2, 0.25) is 11.8 Å². The average molecular weight is 330 g/mol. The molecule has 0 saturated heterocycles. The fraction of sp³-hybridized carbons (Fsp3) is 0.333. The van der Waals surface area contributed by atoms with Crippen LogP contribution in [0.25, 0.3) is 0 Å². The van der Waals surface area contributed by atoms with E-state index in [1.54, 1.807) is 26.0 Å². The summed E-state index contributed by atoms with van der Waals surface area (Å²) >= 11 is 0. The zero-order valence-corrected chi connectivity index (χ0v) is 13.8. The summed E-state index contributed by atoms with van der Waals surface area (Å²) in [6.45, 7) is 3.19. The van der Waals surface area contributed by atoms with E-state index in [9.17, 15) is 14.7 Å². The van der Waals surface area contributed by atoms with Crippen LogP contribution in [-0.2, 0) is 21.6 Å². The molecule has 0 spiro atoms. The fourth-order valence-electron chi connectivity index (χ4n) is 2.17. The molecule has 0 radical (unpaired) electrons. The molecule has 6 heteroatoms. The molecule has 2 amide bonds. The van der Waals surface area contributed by atoms with Crippen LogP contribution in [0.1, 0.15) is 24.0 Å². The Hall–Kier alpha value is -2.60. The van der Waals surface area contributed by atoms with E-state index >= 15 is 0 Å². The van der Waals surface area contributed by atoms with Gasteiger partial charge in [0.05, 0.1) is 19.5 Å². The molecule has 1 aromatic heterocycles. The number of amides is 2. The highest BCUT2D eigenvalue weighted by Crippen LogP contribution is 2.21. The summed E-state index contributed by atoms with van der Waals surface area (Å²) in [6.07, 6.45) is 0.220. The maximum absolute atomic E-state index is 11.8. The molecule has 1 aromatic carbocycles. The molecule has 0 fully saturated rings. The van der Waals surface area contributed by atoms with E-state index in [0.29, 0.717) is 11.5 Å². The number of hydrogen-bond acceptors (Lipinski definition) is 4. The first kappa shape index (κ1) is 17.7. The maximum Gasteiger partial charge on any atom is 0.239 e. The Balaban J connectivity index is 1.74. The molecule has 0 bridgehead atoms. The van der Waals surface area contributed by atoms with Gasteiger partial charge in [0.25, 0.3) is 0 Å². The number of carbonyl (C=O) groups excluding carboxylic acids is 2. The first-order valence-electron chi connectivity index (χ1n) is 7.73.